The normalized spacial score (nSPS) is 17.7. The number of hydrogen-bond donors (Lipinski definition) is 2. The summed E-state index contributed by atoms with van der Waals surface area (Å²) in [5, 5.41) is 3.25. The lowest BCUT2D eigenvalue weighted by molar-refractivity contribution is 0.362. The highest BCUT2D eigenvalue weighted by molar-refractivity contribution is 8.00. The van der Waals surface area contributed by atoms with E-state index >= 15 is 0 Å². The van der Waals surface area contributed by atoms with Crippen LogP contribution in [0.5, 0.6) is 0 Å². The Labute approximate surface area is 136 Å². The standard InChI is InChI=1S/C14H24N2O2S3/c1-4-15-9-12-11(2)8-13(20-12)21(17,18)16-10-14(19-3)6-5-7-14/h8,15-16H,4-7,9-10H2,1-3H3. The Morgan fingerprint density at radius 1 is 1.43 bits per heavy atom. The van der Waals surface area contributed by atoms with Crippen LogP contribution in [0.1, 0.15) is 36.6 Å². The Morgan fingerprint density at radius 3 is 2.67 bits per heavy atom. The molecular formula is C14H24N2O2S3. The zero-order valence-corrected chi connectivity index (χ0v) is 15.3. The van der Waals surface area contributed by atoms with E-state index in [-0.39, 0.29) is 4.75 Å². The topological polar surface area (TPSA) is 58.2 Å². The number of thiophene rings is 1. The van der Waals surface area contributed by atoms with Gasteiger partial charge >= 0.3 is 0 Å². The first-order valence-corrected chi connectivity index (χ1v) is 10.8. The van der Waals surface area contributed by atoms with Crippen molar-refractivity contribution in [2.75, 3.05) is 19.3 Å². The Kier molecular flexibility index (Phi) is 5.76. The maximum absolute atomic E-state index is 12.4. The zero-order valence-electron chi connectivity index (χ0n) is 12.9. The number of rotatable bonds is 8. The quantitative estimate of drug-likeness (QED) is 0.758. The van der Waals surface area contributed by atoms with Gasteiger partial charge in [0.25, 0.3) is 0 Å². The molecule has 1 aliphatic carbocycles. The first-order chi connectivity index (χ1) is 9.92. The second kappa shape index (κ2) is 7.00. The Morgan fingerprint density at radius 2 is 2.14 bits per heavy atom. The summed E-state index contributed by atoms with van der Waals surface area (Å²) >= 11 is 3.15. The van der Waals surface area contributed by atoms with Gasteiger partial charge in [-0.2, -0.15) is 11.8 Å². The van der Waals surface area contributed by atoms with Crippen LogP contribution in [-0.2, 0) is 16.6 Å². The maximum Gasteiger partial charge on any atom is 0.250 e. The van der Waals surface area contributed by atoms with Gasteiger partial charge in [0.15, 0.2) is 0 Å². The van der Waals surface area contributed by atoms with Crippen molar-refractivity contribution in [3.8, 4) is 0 Å². The maximum atomic E-state index is 12.4. The van der Waals surface area contributed by atoms with Crippen molar-refractivity contribution in [3.63, 3.8) is 0 Å². The van der Waals surface area contributed by atoms with Crippen LogP contribution in [0, 0.1) is 6.92 Å². The second-order valence-corrected chi connectivity index (χ2v) is 9.92. The van der Waals surface area contributed by atoms with Crippen molar-refractivity contribution in [1.82, 2.24) is 10.0 Å². The third-order valence-electron chi connectivity index (χ3n) is 4.08. The Balaban J connectivity index is 2.05. The molecule has 0 radical (unpaired) electrons. The molecule has 0 unspecified atom stereocenters. The molecule has 1 fully saturated rings. The SMILES string of the molecule is CCNCc1sc(S(=O)(=O)NCC2(SC)CCC2)cc1C. The fourth-order valence-electron chi connectivity index (χ4n) is 2.36. The monoisotopic (exact) mass is 348 g/mol. The van der Waals surface area contributed by atoms with Crippen LogP contribution in [0.2, 0.25) is 0 Å². The first-order valence-electron chi connectivity index (χ1n) is 7.27. The Bertz CT molecular complexity index is 572. The van der Waals surface area contributed by atoms with Gasteiger partial charge in [-0.15, -0.1) is 11.3 Å². The van der Waals surface area contributed by atoms with Crippen LogP contribution in [0.25, 0.3) is 0 Å². The van der Waals surface area contributed by atoms with Gasteiger partial charge in [0.2, 0.25) is 10.0 Å². The average Bonchev–Trinajstić information content (AvgIpc) is 2.78. The lowest BCUT2D eigenvalue weighted by Crippen LogP contribution is -2.45. The first kappa shape index (κ1) is 17.3. The molecule has 2 rings (SSSR count). The highest BCUT2D eigenvalue weighted by Crippen LogP contribution is 2.42. The van der Waals surface area contributed by atoms with Gasteiger partial charge in [-0.25, -0.2) is 13.1 Å². The van der Waals surface area contributed by atoms with Crippen molar-refractivity contribution in [2.45, 2.75) is 48.6 Å². The van der Waals surface area contributed by atoms with E-state index in [0.717, 1.165) is 36.4 Å². The van der Waals surface area contributed by atoms with Gasteiger partial charge in [0.05, 0.1) is 0 Å². The fourth-order valence-corrected chi connectivity index (χ4v) is 6.09. The highest BCUT2D eigenvalue weighted by atomic mass is 32.2. The summed E-state index contributed by atoms with van der Waals surface area (Å²) in [6.45, 7) is 6.17. The van der Waals surface area contributed by atoms with E-state index in [1.54, 1.807) is 17.8 Å². The second-order valence-electron chi connectivity index (χ2n) is 5.52. The molecule has 1 aromatic rings. The largest absolute Gasteiger partial charge is 0.312 e. The average molecular weight is 349 g/mol. The molecule has 21 heavy (non-hydrogen) atoms. The molecule has 2 N–H and O–H groups in total. The van der Waals surface area contributed by atoms with Crippen LogP contribution < -0.4 is 10.0 Å². The zero-order chi connectivity index (χ0) is 15.5. The van der Waals surface area contributed by atoms with Crippen molar-refractivity contribution in [3.05, 3.63) is 16.5 Å². The van der Waals surface area contributed by atoms with Crippen LogP contribution in [0.15, 0.2) is 10.3 Å². The minimum Gasteiger partial charge on any atom is -0.312 e. The number of sulfonamides is 1. The summed E-state index contributed by atoms with van der Waals surface area (Å²) in [5.41, 5.74) is 1.05. The van der Waals surface area contributed by atoms with Gasteiger partial charge < -0.3 is 5.32 Å². The Hall–Kier alpha value is -0.0800. The fraction of sp³-hybridized carbons (Fsp3) is 0.714. The number of thioether (sulfide) groups is 1. The molecule has 0 bridgehead atoms. The van der Waals surface area contributed by atoms with Crippen LogP contribution in [0.3, 0.4) is 0 Å². The van der Waals surface area contributed by atoms with Crippen molar-refractivity contribution in [2.24, 2.45) is 0 Å². The lowest BCUT2D eigenvalue weighted by atomic mass is 9.84. The summed E-state index contributed by atoms with van der Waals surface area (Å²) < 4.78 is 28.2. The predicted molar refractivity (Wildman–Crippen MR) is 91.7 cm³/mol. The highest BCUT2D eigenvalue weighted by Gasteiger charge is 2.37. The molecule has 120 valence electrons. The smallest absolute Gasteiger partial charge is 0.250 e. The summed E-state index contributed by atoms with van der Waals surface area (Å²) in [6.07, 6.45) is 5.47. The molecule has 1 aromatic heterocycles. The van der Waals surface area contributed by atoms with E-state index in [4.69, 9.17) is 0 Å². The van der Waals surface area contributed by atoms with Gasteiger partial charge in [0.1, 0.15) is 4.21 Å². The molecular weight excluding hydrogens is 324 g/mol. The summed E-state index contributed by atoms with van der Waals surface area (Å²) in [5.74, 6) is 0. The third-order valence-corrected chi connectivity index (χ3v) is 8.61. The molecule has 0 atom stereocenters. The van der Waals surface area contributed by atoms with E-state index in [2.05, 4.69) is 16.3 Å². The molecule has 0 spiro atoms. The van der Waals surface area contributed by atoms with Gasteiger partial charge in [0, 0.05) is 22.7 Å². The van der Waals surface area contributed by atoms with Crippen molar-refractivity contribution in [1.29, 1.82) is 0 Å². The van der Waals surface area contributed by atoms with Gasteiger partial charge in [-0.05, 0) is 44.2 Å². The van der Waals surface area contributed by atoms with Crippen molar-refractivity contribution < 1.29 is 8.42 Å². The minimum absolute atomic E-state index is 0.117. The lowest BCUT2D eigenvalue weighted by Gasteiger charge is -2.40. The molecule has 7 heteroatoms. The van der Waals surface area contributed by atoms with Crippen LogP contribution >= 0.6 is 23.1 Å². The van der Waals surface area contributed by atoms with Gasteiger partial charge in [-0.3, -0.25) is 0 Å². The van der Waals surface area contributed by atoms with E-state index in [1.165, 1.54) is 17.8 Å². The molecule has 0 amide bonds. The van der Waals surface area contributed by atoms with E-state index in [0.29, 0.717) is 10.8 Å². The molecule has 0 aliphatic heterocycles. The summed E-state index contributed by atoms with van der Waals surface area (Å²) in [7, 11) is -3.38. The number of hydrogen-bond acceptors (Lipinski definition) is 5. The molecule has 0 saturated heterocycles. The molecule has 1 heterocycles. The number of nitrogens with one attached hydrogen (secondary N) is 2. The van der Waals surface area contributed by atoms with Crippen molar-refractivity contribution >= 4 is 33.1 Å². The van der Waals surface area contributed by atoms with Gasteiger partial charge in [-0.1, -0.05) is 13.3 Å². The molecule has 1 aliphatic rings. The summed E-state index contributed by atoms with van der Waals surface area (Å²) in [6, 6.07) is 1.78. The van der Waals surface area contributed by atoms with E-state index < -0.39 is 10.0 Å². The summed E-state index contributed by atoms with van der Waals surface area (Å²) in [4.78, 5) is 1.10. The van der Waals surface area contributed by atoms with Crippen LogP contribution in [0.4, 0.5) is 0 Å². The minimum atomic E-state index is -3.38. The van der Waals surface area contributed by atoms with Crippen LogP contribution in [-0.4, -0.2) is 32.5 Å². The van der Waals surface area contributed by atoms with E-state index in [1.807, 2.05) is 13.8 Å². The van der Waals surface area contributed by atoms with E-state index in [9.17, 15) is 8.42 Å². The molecule has 4 nitrogen and oxygen atoms in total. The molecule has 0 aromatic carbocycles. The molecule has 1 saturated carbocycles. The predicted octanol–water partition coefficient (Wildman–Crippen LogP) is 2.73. The number of aryl methyl sites for hydroxylation is 1. The third kappa shape index (κ3) is 4.01.